The van der Waals surface area contributed by atoms with E-state index < -0.39 is 0 Å². The maximum absolute atomic E-state index is 12.3. The van der Waals surface area contributed by atoms with Crippen LogP contribution in [0.15, 0.2) is 24.3 Å². The Morgan fingerprint density at radius 2 is 2.05 bits per heavy atom. The fourth-order valence-corrected chi connectivity index (χ4v) is 2.38. The first kappa shape index (κ1) is 15.6. The van der Waals surface area contributed by atoms with Crippen LogP contribution in [0.4, 0.5) is 0 Å². The topological polar surface area (TPSA) is 48.0 Å². The molecule has 1 aliphatic rings. The van der Waals surface area contributed by atoms with Crippen molar-refractivity contribution in [1.82, 2.24) is 4.90 Å². The molecule has 0 N–H and O–H groups in total. The van der Waals surface area contributed by atoms with Gasteiger partial charge in [-0.15, -0.1) is 0 Å². The second kappa shape index (κ2) is 7.31. The van der Waals surface area contributed by atoms with Crippen LogP contribution in [0.2, 0.25) is 0 Å². The van der Waals surface area contributed by atoms with Crippen LogP contribution in [0.3, 0.4) is 0 Å². The van der Waals surface area contributed by atoms with E-state index >= 15 is 0 Å². The van der Waals surface area contributed by atoms with Crippen molar-refractivity contribution < 1.29 is 19.0 Å². The van der Waals surface area contributed by atoms with Crippen molar-refractivity contribution in [2.45, 2.75) is 32.4 Å². The third-order valence-electron chi connectivity index (χ3n) is 3.57. The molecule has 0 bridgehead atoms. The lowest BCUT2D eigenvalue weighted by molar-refractivity contribution is -0.143. The lowest BCUT2D eigenvalue weighted by Crippen LogP contribution is -2.50. The van der Waals surface area contributed by atoms with Crippen molar-refractivity contribution in [2.75, 3.05) is 26.9 Å². The summed E-state index contributed by atoms with van der Waals surface area (Å²) in [4.78, 5) is 14.1. The number of amides is 1. The highest BCUT2D eigenvalue weighted by molar-refractivity contribution is 5.76. The average Bonchev–Trinajstić information content (AvgIpc) is 2.50. The van der Waals surface area contributed by atoms with Gasteiger partial charge in [-0.2, -0.15) is 0 Å². The number of hydrogen-bond acceptors (Lipinski definition) is 4. The molecule has 5 heteroatoms. The minimum Gasteiger partial charge on any atom is -0.493 e. The zero-order valence-corrected chi connectivity index (χ0v) is 12.9. The van der Waals surface area contributed by atoms with Crippen molar-refractivity contribution in [1.29, 1.82) is 0 Å². The van der Waals surface area contributed by atoms with E-state index in [1.54, 1.807) is 7.11 Å². The van der Waals surface area contributed by atoms with Crippen molar-refractivity contribution in [2.24, 2.45) is 0 Å². The number of hydrogen-bond donors (Lipinski definition) is 0. The Morgan fingerprint density at radius 1 is 1.33 bits per heavy atom. The molecule has 1 amide bonds. The zero-order chi connectivity index (χ0) is 15.2. The maximum Gasteiger partial charge on any atom is 0.226 e. The molecular formula is C16H23NO4. The largest absolute Gasteiger partial charge is 0.493 e. The smallest absolute Gasteiger partial charge is 0.226 e. The van der Waals surface area contributed by atoms with Crippen LogP contribution in [-0.4, -0.2) is 49.8 Å². The Hall–Kier alpha value is -1.75. The summed E-state index contributed by atoms with van der Waals surface area (Å²) in [5, 5.41) is 0. The SMILES string of the molecule is COc1ccccc1OCCC(=O)N1CC(C)OCC1C. The summed E-state index contributed by atoms with van der Waals surface area (Å²) in [6.45, 7) is 5.58. The van der Waals surface area contributed by atoms with Crippen molar-refractivity contribution in [3.63, 3.8) is 0 Å². The molecule has 1 heterocycles. The lowest BCUT2D eigenvalue weighted by atomic mass is 10.2. The average molecular weight is 293 g/mol. The number of ether oxygens (including phenoxy) is 3. The fraction of sp³-hybridized carbons (Fsp3) is 0.562. The van der Waals surface area contributed by atoms with Gasteiger partial charge in [0.15, 0.2) is 11.5 Å². The number of rotatable bonds is 5. The number of benzene rings is 1. The van der Waals surface area contributed by atoms with E-state index in [1.165, 1.54) is 0 Å². The van der Waals surface area contributed by atoms with Crippen LogP contribution in [0.1, 0.15) is 20.3 Å². The number of nitrogens with zero attached hydrogens (tertiary/aromatic N) is 1. The normalized spacial score (nSPS) is 22.0. The molecule has 1 aromatic rings. The maximum atomic E-state index is 12.3. The fourth-order valence-electron chi connectivity index (χ4n) is 2.38. The van der Waals surface area contributed by atoms with Gasteiger partial charge in [-0.25, -0.2) is 0 Å². The van der Waals surface area contributed by atoms with Gasteiger partial charge >= 0.3 is 0 Å². The molecule has 1 aliphatic heterocycles. The summed E-state index contributed by atoms with van der Waals surface area (Å²) in [7, 11) is 1.60. The Morgan fingerprint density at radius 3 is 2.76 bits per heavy atom. The van der Waals surface area contributed by atoms with E-state index in [2.05, 4.69) is 0 Å². The Kier molecular flexibility index (Phi) is 5.44. The van der Waals surface area contributed by atoms with Crippen molar-refractivity contribution in [3.05, 3.63) is 24.3 Å². The Bertz CT molecular complexity index is 477. The van der Waals surface area contributed by atoms with Gasteiger partial charge in [-0.05, 0) is 26.0 Å². The highest BCUT2D eigenvalue weighted by Gasteiger charge is 2.27. The molecule has 2 atom stereocenters. The first-order chi connectivity index (χ1) is 10.1. The molecule has 0 saturated carbocycles. The predicted octanol–water partition coefficient (Wildman–Crippen LogP) is 2.10. The summed E-state index contributed by atoms with van der Waals surface area (Å²) in [6, 6.07) is 7.56. The van der Waals surface area contributed by atoms with Gasteiger partial charge in [0.2, 0.25) is 5.91 Å². The molecule has 2 rings (SSSR count). The molecule has 0 aliphatic carbocycles. The third-order valence-corrected chi connectivity index (χ3v) is 3.57. The standard InChI is InChI=1S/C16H23NO4/c1-12-11-21-13(2)10-17(12)16(18)8-9-20-15-7-5-4-6-14(15)19-3/h4-7,12-13H,8-11H2,1-3H3. The molecular weight excluding hydrogens is 270 g/mol. The molecule has 21 heavy (non-hydrogen) atoms. The minimum absolute atomic E-state index is 0.0975. The van der Waals surface area contributed by atoms with Gasteiger partial charge in [0, 0.05) is 6.54 Å². The van der Waals surface area contributed by atoms with Crippen LogP contribution in [-0.2, 0) is 9.53 Å². The summed E-state index contributed by atoms with van der Waals surface area (Å²) in [5.41, 5.74) is 0. The molecule has 116 valence electrons. The third kappa shape index (κ3) is 4.11. The van der Waals surface area contributed by atoms with Gasteiger partial charge in [-0.1, -0.05) is 12.1 Å². The van der Waals surface area contributed by atoms with Crippen LogP contribution >= 0.6 is 0 Å². The molecule has 1 fully saturated rings. The van der Waals surface area contributed by atoms with Crippen LogP contribution in [0, 0.1) is 0 Å². The highest BCUT2D eigenvalue weighted by atomic mass is 16.5. The number of para-hydroxylation sites is 2. The summed E-state index contributed by atoms with van der Waals surface area (Å²) in [6.07, 6.45) is 0.454. The quantitative estimate of drug-likeness (QED) is 0.834. The monoisotopic (exact) mass is 293 g/mol. The number of methoxy groups -OCH3 is 1. The van der Waals surface area contributed by atoms with Crippen LogP contribution in [0.5, 0.6) is 11.5 Å². The van der Waals surface area contributed by atoms with E-state index in [1.807, 2.05) is 43.0 Å². The molecule has 0 spiro atoms. The first-order valence-electron chi connectivity index (χ1n) is 7.28. The number of morpholine rings is 1. The van der Waals surface area contributed by atoms with E-state index in [9.17, 15) is 4.79 Å². The van der Waals surface area contributed by atoms with Gasteiger partial charge in [0.1, 0.15) is 0 Å². The Labute approximate surface area is 125 Å². The summed E-state index contributed by atoms with van der Waals surface area (Å²) in [5.74, 6) is 1.45. The summed E-state index contributed by atoms with van der Waals surface area (Å²) < 4.78 is 16.4. The number of carbonyl (C=O) groups is 1. The van der Waals surface area contributed by atoms with Gasteiger partial charge < -0.3 is 19.1 Å². The van der Waals surface area contributed by atoms with Crippen LogP contribution in [0.25, 0.3) is 0 Å². The first-order valence-corrected chi connectivity index (χ1v) is 7.28. The molecule has 5 nitrogen and oxygen atoms in total. The van der Waals surface area contributed by atoms with E-state index in [4.69, 9.17) is 14.2 Å². The number of carbonyl (C=O) groups excluding carboxylic acids is 1. The van der Waals surface area contributed by atoms with Crippen molar-refractivity contribution >= 4 is 5.91 Å². The van der Waals surface area contributed by atoms with E-state index in [-0.39, 0.29) is 18.1 Å². The molecule has 1 saturated heterocycles. The summed E-state index contributed by atoms with van der Waals surface area (Å²) >= 11 is 0. The molecule has 1 aromatic carbocycles. The van der Waals surface area contributed by atoms with Crippen molar-refractivity contribution in [3.8, 4) is 11.5 Å². The molecule has 0 radical (unpaired) electrons. The van der Waals surface area contributed by atoms with E-state index in [0.29, 0.717) is 37.7 Å². The highest BCUT2D eigenvalue weighted by Crippen LogP contribution is 2.25. The second-order valence-corrected chi connectivity index (χ2v) is 5.29. The van der Waals surface area contributed by atoms with Gasteiger partial charge in [-0.3, -0.25) is 4.79 Å². The van der Waals surface area contributed by atoms with Gasteiger partial charge in [0.25, 0.3) is 0 Å². The Balaban J connectivity index is 1.84. The minimum atomic E-state index is 0.0975. The predicted molar refractivity (Wildman–Crippen MR) is 79.7 cm³/mol. The lowest BCUT2D eigenvalue weighted by Gasteiger charge is -2.36. The van der Waals surface area contributed by atoms with E-state index in [0.717, 1.165) is 0 Å². The zero-order valence-electron chi connectivity index (χ0n) is 12.9. The molecule has 2 unspecified atom stereocenters. The second-order valence-electron chi connectivity index (χ2n) is 5.29. The molecule has 0 aromatic heterocycles. The van der Waals surface area contributed by atoms with Crippen LogP contribution < -0.4 is 9.47 Å². The van der Waals surface area contributed by atoms with Gasteiger partial charge in [0.05, 0.1) is 38.9 Å².